The largest absolute Gasteiger partial charge is 0.451 e. The summed E-state index contributed by atoms with van der Waals surface area (Å²) in [5.41, 5.74) is -1.67. The summed E-state index contributed by atoms with van der Waals surface area (Å²) in [6, 6.07) is 3.73. The molecule has 120 valence electrons. The number of hydrogen-bond donors (Lipinski definition) is 0. The number of rotatable bonds is 2. The molecular weight excluding hydrogens is 316 g/mol. The first-order valence-corrected chi connectivity index (χ1v) is 5.87. The molecule has 0 amide bonds. The lowest BCUT2D eigenvalue weighted by Crippen LogP contribution is -2.24. The zero-order valence-corrected chi connectivity index (χ0v) is 11.0. The normalized spacial score (nSPS) is 12.7. The number of nitrogens with zero attached hydrogens (tertiary/aromatic N) is 3. The Bertz CT molecular complexity index is 723. The van der Waals surface area contributed by atoms with Gasteiger partial charge >= 0.3 is 18.0 Å². The first kappa shape index (κ1) is 16.1. The van der Waals surface area contributed by atoms with Crippen molar-refractivity contribution in [2.45, 2.75) is 18.9 Å². The fourth-order valence-corrected chi connectivity index (χ4v) is 1.81. The minimum atomic E-state index is -4.79. The molecule has 1 heterocycles. The second-order valence-electron chi connectivity index (χ2n) is 4.52. The molecule has 0 bridgehead atoms. The molecule has 0 saturated heterocycles. The van der Waals surface area contributed by atoms with Gasteiger partial charge in [0.2, 0.25) is 5.82 Å². The van der Waals surface area contributed by atoms with Gasteiger partial charge in [0, 0.05) is 7.05 Å². The third-order valence-electron chi connectivity index (χ3n) is 2.91. The summed E-state index contributed by atoms with van der Waals surface area (Å²) >= 11 is 0. The van der Waals surface area contributed by atoms with Gasteiger partial charge in [0.25, 0.3) is 0 Å². The van der Waals surface area contributed by atoms with Crippen LogP contribution < -0.4 is 5.69 Å². The Morgan fingerprint density at radius 2 is 1.55 bits per heavy atom. The lowest BCUT2D eigenvalue weighted by Gasteiger charge is -2.07. The molecule has 0 spiro atoms. The molecule has 0 aliphatic rings. The molecule has 0 saturated carbocycles. The van der Waals surface area contributed by atoms with E-state index in [9.17, 15) is 31.1 Å². The van der Waals surface area contributed by atoms with E-state index in [2.05, 4.69) is 5.10 Å². The Hall–Kier alpha value is -2.26. The van der Waals surface area contributed by atoms with Crippen LogP contribution in [-0.4, -0.2) is 14.3 Å². The van der Waals surface area contributed by atoms with Gasteiger partial charge < -0.3 is 0 Å². The highest BCUT2D eigenvalue weighted by Gasteiger charge is 2.38. The highest BCUT2D eigenvalue weighted by Crippen LogP contribution is 2.29. The number of hydrogen-bond acceptors (Lipinski definition) is 2. The third-order valence-corrected chi connectivity index (χ3v) is 2.91. The number of aromatic nitrogens is 3. The van der Waals surface area contributed by atoms with E-state index in [0.717, 1.165) is 31.3 Å². The van der Waals surface area contributed by atoms with Crippen LogP contribution in [0.2, 0.25) is 0 Å². The van der Waals surface area contributed by atoms with Crippen LogP contribution in [0, 0.1) is 0 Å². The van der Waals surface area contributed by atoms with Crippen molar-refractivity contribution in [3.8, 4) is 0 Å². The molecule has 22 heavy (non-hydrogen) atoms. The van der Waals surface area contributed by atoms with Gasteiger partial charge in [-0.05, 0) is 17.7 Å². The zero-order chi connectivity index (χ0) is 16.7. The molecule has 0 fully saturated rings. The molecular formula is C12H9F6N3O. The Labute approximate surface area is 119 Å². The van der Waals surface area contributed by atoms with Crippen LogP contribution in [0.25, 0.3) is 0 Å². The summed E-state index contributed by atoms with van der Waals surface area (Å²) in [5, 5.41) is 3.17. The van der Waals surface area contributed by atoms with Crippen LogP contribution in [0.3, 0.4) is 0 Å². The van der Waals surface area contributed by atoms with Crippen molar-refractivity contribution in [2.75, 3.05) is 0 Å². The van der Waals surface area contributed by atoms with Gasteiger partial charge in [-0.25, -0.2) is 9.48 Å². The maximum absolute atomic E-state index is 12.6. The summed E-state index contributed by atoms with van der Waals surface area (Å²) in [4.78, 5) is 11.7. The van der Waals surface area contributed by atoms with E-state index in [-0.39, 0.29) is 12.1 Å². The Kier molecular flexibility index (Phi) is 3.80. The molecule has 0 atom stereocenters. The SMILES string of the molecule is Cn1c(C(F)(F)F)nn(Cc2ccc(C(F)(F)F)cc2)c1=O. The number of alkyl halides is 6. The standard InChI is InChI=1S/C12H9F6N3O/c1-20-9(12(16,17)18)19-21(10(20)22)6-7-2-4-8(5-3-7)11(13,14)15/h2-5H,6H2,1H3. The Morgan fingerprint density at radius 3 is 1.95 bits per heavy atom. The molecule has 0 radical (unpaired) electrons. The highest BCUT2D eigenvalue weighted by molar-refractivity contribution is 5.24. The van der Waals surface area contributed by atoms with E-state index in [1.807, 2.05) is 0 Å². The second-order valence-corrected chi connectivity index (χ2v) is 4.52. The minimum absolute atomic E-state index is 0.224. The van der Waals surface area contributed by atoms with Crippen LogP contribution >= 0.6 is 0 Å². The summed E-state index contributed by atoms with van der Waals surface area (Å²) in [5.74, 6) is -1.37. The molecule has 2 aromatic rings. The molecule has 0 unspecified atom stereocenters. The van der Waals surface area contributed by atoms with E-state index >= 15 is 0 Å². The zero-order valence-electron chi connectivity index (χ0n) is 11.0. The van der Waals surface area contributed by atoms with Gasteiger partial charge in [0.15, 0.2) is 0 Å². The van der Waals surface area contributed by atoms with Crippen molar-refractivity contribution in [1.29, 1.82) is 0 Å². The predicted molar refractivity (Wildman–Crippen MR) is 63.0 cm³/mol. The van der Waals surface area contributed by atoms with Gasteiger partial charge in [-0.3, -0.25) is 4.57 Å². The van der Waals surface area contributed by atoms with E-state index in [0.29, 0.717) is 9.25 Å². The Morgan fingerprint density at radius 1 is 1.00 bits per heavy atom. The number of benzene rings is 1. The van der Waals surface area contributed by atoms with Gasteiger partial charge in [0.1, 0.15) is 0 Å². The van der Waals surface area contributed by atoms with Gasteiger partial charge in [-0.2, -0.15) is 26.3 Å². The second kappa shape index (κ2) is 5.18. The third kappa shape index (κ3) is 3.15. The fourth-order valence-electron chi connectivity index (χ4n) is 1.81. The molecule has 1 aromatic carbocycles. The van der Waals surface area contributed by atoms with Crippen LogP contribution in [0.4, 0.5) is 26.3 Å². The molecule has 4 nitrogen and oxygen atoms in total. The maximum atomic E-state index is 12.6. The first-order chi connectivity index (χ1) is 10.00. The van der Waals surface area contributed by atoms with Crippen molar-refractivity contribution < 1.29 is 26.3 Å². The monoisotopic (exact) mass is 325 g/mol. The lowest BCUT2D eigenvalue weighted by molar-refractivity contribution is -0.147. The molecule has 1 aromatic heterocycles. The molecule has 0 aliphatic heterocycles. The summed E-state index contributed by atoms with van der Waals surface area (Å²) in [7, 11) is 0.918. The van der Waals surface area contributed by atoms with Crippen molar-refractivity contribution in [3.63, 3.8) is 0 Å². The number of halogens is 6. The summed E-state index contributed by atoms with van der Waals surface area (Å²) in [6.07, 6.45) is -9.30. The smallest absolute Gasteiger partial charge is 0.274 e. The first-order valence-electron chi connectivity index (χ1n) is 5.87. The average molecular weight is 325 g/mol. The molecule has 0 aliphatic carbocycles. The van der Waals surface area contributed by atoms with E-state index < -0.39 is 29.4 Å². The van der Waals surface area contributed by atoms with Gasteiger partial charge in [-0.15, -0.1) is 5.10 Å². The minimum Gasteiger partial charge on any atom is -0.274 e. The highest BCUT2D eigenvalue weighted by atomic mass is 19.4. The van der Waals surface area contributed by atoms with Crippen LogP contribution in [-0.2, 0) is 25.9 Å². The van der Waals surface area contributed by atoms with Crippen molar-refractivity contribution in [1.82, 2.24) is 14.3 Å². The molecule has 10 heteroatoms. The lowest BCUT2D eigenvalue weighted by atomic mass is 10.1. The molecule has 2 rings (SSSR count). The van der Waals surface area contributed by atoms with Crippen molar-refractivity contribution in [3.05, 3.63) is 51.7 Å². The average Bonchev–Trinajstić information content (AvgIpc) is 2.66. The topological polar surface area (TPSA) is 39.8 Å². The van der Waals surface area contributed by atoms with Gasteiger partial charge in [-0.1, -0.05) is 12.1 Å². The fraction of sp³-hybridized carbons (Fsp3) is 0.333. The summed E-state index contributed by atoms with van der Waals surface area (Å²) < 4.78 is 75.9. The quantitative estimate of drug-likeness (QED) is 0.797. The van der Waals surface area contributed by atoms with E-state index in [1.165, 1.54) is 0 Å². The molecule has 0 N–H and O–H groups in total. The maximum Gasteiger partial charge on any atom is 0.451 e. The Balaban J connectivity index is 2.31. The van der Waals surface area contributed by atoms with Crippen LogP contribution in [0.1, 0.15) is 17.0 Å². The predicted octanol–water partition coefficient (Wildman–Crippen LogP) is 2.67. The van der Waals surface area contributed by atoms with E-state index in [1.54, 1.807) is 0 Å². The van der Waals surface area contributed by atoms with Crippen LogP contribution in [0.15, 0.2) is 29.1 Å². The van der Waals surface area contributed by atoms with Crippen LogP contribution in [0.5, 0.6) is 0 Å². The van der Waals surface area contributed by atoms with E-state index in [4.69, 9.17) is 0 Å². The van der Waals surface area contributed by atoms with Gasteiger partial charge in [0.05, 0.1) is 12.1 Å². The van der Waals surface area contributed by atoms with Crippen molar-refractivity contribution >= 4 is 0 Å². The van der Waals surface area contributed by atoms with Crippen molar-refractivity contribution in [2.24, 2.45) is 7.05 Å². The summed E-state index contributed by atoms with van der Waals surface area (Å²) in [6.45, 7) is -0.360.